The molecular weight excluding hydrogens is 262 g/mol. The maximum atomic E-state index is 5.95. The van der Waals surface area contributed by atoms with Gasteiger partial charge in [0.05, 0.1) is 31.8 Å². The minimum atomic E-state index is -0.400. The number of hydrogen-bond acceptors (Lipinski definition) is 6. The zero-order valence-electron chi connectivity index (χ0n) is 12.0. The van der Waals surface area contributed by atoms with Crippen LogP contribution >= 0.6 is 0 Å². The third-order valence-electron chi connectivity index (χ3n) is 3.14. The van der Waals surface area contributed by atoms with Crippen LogP contribution in [0.25, 0.3) is 11.0 Å². The van der Waals surface area contributed by atoms with E-state index in [9.17, 15) is 0 Å². The van der Waals surface area contributed by atoms with E-state index in [0.717, 1.165) is 11.0 Å². The molecule has 0 amide bonds. The Hall–Kier alpha value is -1.99. The summed E-state index contributed by atoms with van der Waals surface area (Å²) in [5.41, 5.74) is 7.51. The average molecular weight is 281 g/mol. The van der Waals surface area contributed by atoms with Gasteiger partial charge in [-0.1, -0.05) is 0 Å². The molecule has 7 heteroatoms. The van der Waals surface area contributed by atoms with Gasteiger partial charge in [-0.3, -0.25) is 0 Å². The largest absolute Gasteiger partial charge is 0.493 e. The Bertz CT molecular complexity index is 593. The van der Waals surface area contributed by atoms with Crippen molar-refractivity contribution >= 4 is 17.0 Å². The van der Waals surface area contributed by atoms with E-state index in [4.69, 9.17) is 24.7 Å². The van der Waals surface area contributed by atoms with Crippen LogP contribution < -0.4 is 15.2 Å². The molecule has 20 heavy (non-hydrogen) atoms. The Morgan fingerprint density at radius 2 is 1.70 bits per heavy atom. The SMILES string of the molecule is COc1cc2nc(N)n(CC(OC)OC)c2cc1OC. The second kappa shape index (κ2) is 5.98. The molecule has 0 aliphatic carbocycles. The predicted octanol–water partition coefficient (Wildman–Crippen LogP) is 1.25. The Kier molecular flexibility index (Phi) is 4.31. The summed E-state index contributed by atoms with van der Waals surface area (Å²) >= 11 is 0. The smallest absolute Gasteiger partial charge is 0.201 e. The predicted molar refractivity (Wildman–Crippen MR) is 75.1 cm³/mol. The van der Waals surface area contributed by atoms with E-state index in [0.29, 0.717) is 24.0 Å². The quantitative estimate of drug-likeness (QED) is 0.803. The maximum Gasteiger partial charge on any atom is 0.201 e. The lowest BCUT2D eigenvalue weighted by Gasteiger charge is -2.15. The first-order chi connectivity index (χ1) is 9.64. The average Bonchev–Trinajstić information content (AvgIpc) is 2.77. The fourth-order valence-corrected chi connectivity index (χ4v) is 2.06. The van der Waals surface area contributed by atoms with Crippen molar-refractivity contribution in [2.24, 2.45) is 0 Å². The van der Waals surface area contributed by atoms with E-state index in [1.165, 1.54) is 0 Å². The van der Waals surface area contributed by atoms with Crippen molar-refractivity contribution < 1.29 is 18.9 Å². The van der Waals surface area contributed by atoms with Gasteiger partial charge in [-0.05, 0) is 0 Å². The van der Waals surface area contributed by atoms with E-state index in [1.54, 1.807) is 34.5 Å². The van der Waals surface area contributed by atoms with Crippen LogP contribution in [0.15, 0.2) is 12.1 Å². The van der Waals surface area contributed by atoms with E-state index >= 15 is 0 Å². The summed E-state index contributed by atoms with van der Waals surface area (Å²) in [7, 11) is 6.32. The Labute approximate surface area is 117 Å². The van der Waals surface area contributed by atoms with Gasteiger partial charge in [0.1, 0.15) is 0 Å². The Morgan fingerprint density at radius 3 is 2.25 bits per heavy atom. The van der Waals surface area contributed by atoms with Crippen LogP contribution in [0.3, 0.4) is 0 Å². The van der Waals surface area contributed by atoms with Crippen LogP contribution in [-0.2, 0) is 16.0 Å². The van der Waals surface area contributed by atoms with Crippen molar-refractivity contribution in [1.82, 2.24) is 9.55 Å². The number of rotatable bonds is 6. The number of nitrogens with two attached hydrogens (primary N) is 1. The molecule has 1 heterocycles. The summed E-state index contributed by atoms with van der Waals surface area (Å²) < 4.78 is 22.8. The molecule has 0 radical (unpaired) electrons. The first-order valence-corrected chi connectivity index (χ1v) is 6.07. The normalized spacial score (nSPS) is 11.2. The van der Waals surface area contributed by atoms with Gasteiger partial charge in [0.2, 0.25) is 5.95 Å². The van der Waals surface area contributed by atoms with Gasteiger partial charge < -0.3 is 29.2 Å². The van der Waals surface area contributed by atoms with E-state index in [1.807, 2.05) is 10.6 Å². The lowest BCUT2D eigenvalue weighted by atomic mass is 10.2. The van der Waals surface area contributed by atoms with Crippen molar-refractivity contribution in [3.05, 3.63) is 12.1 Å². The molecule has 0 aliphatic heterocycles. The number of hydrogen-bond donors (Lipinski definition) is 1. The summed E-state index contributed by atoms with van der Waals surface area (Å²) in [6.45, 7) is 0.435. The highest BCUT2D eigenvalue weighted by molar-refractivity contribution is 5.82. The van der Waals surface area contributed by atoms with Gasteiger partial charge in [-0.2, -0.15) is 0 Å². The number of ether oxygens (including phenoxy) is 4. The molecule has 0 unspecified atom stereocenters. The number of imidazole rings is 1. The number of fused-ring (bicyclic) bond motifs is 1. The minimum absolute atomic E-state index is 0.384. The van der Waals surface area contributed by atoms with Gasteiger partial charge in [0.25, 0.3) is 0 Å². The van der Waals surface area contributed by atoms with Crippen LogP contribution in [-0.4, -0.2) is 44.3 Å². The second-order valence-electron chi connectivity index (χ2n) is 4.18. The molecule has 7 nitrogen and oxygen atoms in total. The molecule has 0 fully saturated rings. The Balaban J connectivity index is 2.51. The highest BCUT2D eigenvalue weighted by Crippen LogP contribution is 2.33. The summed E-state index contributed by atoms with van der Waals surface area (Å²) in [4.78, 5) is 4.31. The molecule has 0 atom stereocenters. The fourth-order valence-electron chi connectivity index (χ4n) is 2.06. The standard InChI is InChI=1S/C13H19N3O4/c1-17-10-5-8-9(6-11(10)18-2)16(13(14)15-8)7-12(19-3)20-4/h5-6,12H,7H2,1-4H3,(H2,14,15). The lowest BCUT2D eigenvalue weighted by molar-refractivity contribution is -0.110. The van der Waals surface area contributed by atoms with E-state index < -0.39 is 6.29 Å². The summed E-state index contributed by atoms with van der Waals surface area (Å²) in [6.07, 6.45) is -0.400. The monoisotopic (exact) mass is 281 g/mol. The zero-order chi connectivity index (χ0) is 14.7. The number of aromatic nitrogens is 2. The molecular formula is C13H19N3O4. The van der Waals surface area contributed by atoms with Crippen LogP contribution in [0, 0.1) is 0 Å². The molecule has 2 N–H and O–H groups in total. The van der Waals surface area contributed by atoms with Crippen molar-refractivity contribution in [3.63, 3.8) is 0 Å². The highest BCUT2D eigenvalue weighted by Gasteiger charge is 2.16. The van der Waals surface area contributed by atoms with Gasteiger partial charge in [-0.25, -0.2) is 4.98 Å². The van der Waals surface area contributed by atoms with Crippen LogP contribution in [0.2, 0.25) is 0 Å². The lowest BCUT2D eigenvalue weighted by Crippen LogP contribution is -2.21. The maximum absolute atomic E-state index is 5.95. The van der Waals surface area contributed by atoms with E-state index in [2.05, 4.69) is 4.98 Å². The second-order valence-corrected chi connectivity index (χ2v) is 4.18. The topological polar surface area (TPSA) is 80.8 Å². The number of anilines is 1. The molecule has 0 aliphatic rings. The molecule has 2 aromatic rings. The first kappa shape index (κ1) is 14.4. The third-order valence-corrected chi connectivity index (χ3v) is 3.14. The molecule has 2 rings (SSSR count). The molecule has 0 saturated carbocycles. The number of methoxy groups -OCH3 is 4. The zero-order valence-corrected chi connectivity index (χ0v) is 12.0. The molecule has 0 bridgehead atoms. The van der Waals surface area contributed by atoms with E-state index in [-0.39, 0.29) is 0 Å². The summed E-state index contributed by atoms with van der Waals surface area (Å²) in [6, 6.07) is 3.62. The molecule has 1 aromatic carbocycles. The van der Waals surface area contributed by atoms with Crippen molar-refractivity contribution in [2.75, 3.05) is 34.2 Å². The first-order valence-electron chi connectivity index (χ1n) is 6.07. The number of benzene rings is 1. The van der Waals surface area contributed by atoms with Gasteiger partial charge >= 0.3 is 0 Å². The molecule has 0 saturated heterocycles. The summed E-state index contributed by atoms with van der Waals surface area (Å²) in [5, 5.41) is 0. The fraction of sp³-hybridized carbons (Fsp3) is 0.462. The van der Waals surface area contributed by atoms with Gasteiger partial charge in [-0.15, -0.1) is 0 Å². The Morgan fingerprint density at radius 1 is 1.10 bits per heavy atom. The van der Waals surface area contributed by atoms with Gasteiger partial charge in [0.15, 0.2) is 17.8 Å². The third kappa shape index (κ3) is 2.50. The number of nitrogens with zero attached hydrogens (tertiary/aromatic N) is 2. The van der Waals surface area contributed by atoms with Crippen molar-refractivity contribution in [1.29, 1.82) is 0 Å². The van der Waals surface area contributed by atoms with Crippen LogP contribution in [0.4, 0.5) is 5.95 Å². The van der Waals surface area contributed by atoms with Crippen molar-refractivity contribution in [3.8, 4) is 11.5 Å². The highest BCUT2D eigenvalue weighted by atomic mass is 16.7. The van der Waals surface area contributed by atoms with Crippen LogP contribution in [0.5, 0.6) is 11.5 Å². The molecule has 110 valence electrons. The van der Waals surface area contributed by atoms with Gasteiger partial charge in [0, 0.05) is 26.4 Å². The molecule has 0 spiro atoms. The molecule has 1 aromatic heterocycles. The number of nitrogen functional groups attached to an aromatic ring is 1. The minimum Gasteiger partial charge on any atom is -0.493 e. The van der Waals surface area contributed by atoms with Crippen molar-refractivity contribution in [2.45, 2.75) is 12.8 Å². The van der Waals surface area contributed by atoms with Crippen LogP contribution in [0.1, 0.15) is 0 Å². The summed E-state index contributed by atoms with van der Waals surface area (Å²) in [5.74, 6) is 1.61.